The first-order chi connectivity index (χ1) is 14.0. The molecule has 0 bridgehead atoms. The van der Waals surface area contributed by atoms with E-state index in [1.165, 1.54) is 30.2 Å². The van der Waals surface area contributed by atoms with E-state index in [9.17, 15) is 15.3 Å². The normalized spacial score (nSPS) is 36.7. The number of hydrogen-bond donors (Lipinski definition) is 3. The van der Waals surface area contributed by atoms with Gasteiger partial charge in [0.2, 0.25) is 0 Å². The van der Waals surface area contributed by atoms with Crippen molar-refractivity contribution in [1.29, 1.82) is 0 Å². The molecule has 0 amide bonds. The lowest BCUT2D eigenvalue weighted by Gasteiger charge is -2.24. The highest BCUT2D eigenvalue weighted by Gasteiger charge is 2.55. The Balaban J connectivity index is 1.54. The molecule has 0 radical (unpaired) electrons. The van der Waals surface area contributed by atoms with Gasteiger partial charge in [0.15, 0.2) is 17.5 Å². The molecule has 2 aliphatic heterocycles. The minimum Gasteiger partial charge on any atom is -0.394 e. The summed E-state index contributed by atoms with van der Waals surface area (Å²) in [5.41, 5.74) is -0.0101. The van der Waals surface area contributed by atoms with E-state index < -0.39 is 30.6 Å². The molecule has 1 aliphatic carbocycles. The number of rotatable bonds is 3. The molecule has 6 atom stereocenters. The van der Waals surface area contributed by atoms with Crippen molar-refractivity contribution < 1.29 is 20.1 Å². The van der Waals surface area contributed by atoms with E-state index in [2.05, 4.69) is 20.8 Å². The molecule has 5 rings (SSSR count). The summed E-state index contributed by atoms with van der Waals surface area (Å²) in [5, 5.41) is 31.1. The molecule has 9 heteroatoms. The lowest BCUT2D eigenvalue weighted by Crippen LogP contribution is -2.47. The molecular weight excluding hydrogens is 396 g/mol. The highest BCUT2D eigenvalue weighted by atomic mass is 35.5. The lowest BCUT2D eigenvalue weighted by atomic mass is 9.93. The van der Waals surface area contributed by atoms with Gasteiger partial charge in [-0.2, -0.15) is 0 Å². The van der Waals surface area contributed by atoms with Crippen LogP contribution in [0.5, 0.6) is 0 Å². The van der Waals surface area contributed by atoms with E-state index in [4.69, 9.17) is 22.8 Å². The molecule has 0 spiro atoms. The van der Waals surface area contributed by atoms with E-state index in [1.54, 1.807) is 0 Å². The Morgan fingerprint density at radius 2 is 2.07 bits per heavy atom. The van der Waals surface area contributed by atoms with Crippen LogP contribution in [0.3, 0.4) is 0 Å². The maximum Gasteiger partial charge on any atom is 0.183 e. The topological polar surface area (TPSA) is 104 Å². The fraction of sp³-hybridized carbons (Fsp3) is 0.600. The molecule has 2 aromatic heterocycles. The minimum atomic E-state index is -2.01. The van der Waals surface area contributed by atoms with Crippen molar-refractivity contribution >= 4 is 28.5 Å². The van der Waals surface area contributed by atoms with Crippen molar-refractivity contribution in [3.63, 3.8) is 0 Å². The monoisotopic (exact) mass is 418 g/mol. The van der Waals surface area contributed by atoms with Crippen molar-refractivity contribution in [2.24, 2.45) is 11.8 Å². The summed E-state index contributed by atoms with van der Waals surface area (Å²) in [7, 11) is 0. The summed E-state index contributed by atoms with van der Waals surface area (Å²) in [4.78, 5) is 11.2. The first kappa shape index (κ1) is 19.1. The van der Waals surface area contributed by atoms with E-state index in [0.29, 0.717) is 28.2 Å². The molecular formula is C20H23ClN4O4. The van der Waals surface area contributed by atoms with Gasteiger partial charge in [0.1, 0.15) is 22.9 Å². The van der Waals surface area contributed by atoms with Crippen LogP contribution in [0.25, 0.3) is 11.2 Å². The molecule has 0 unspecified atom stereocenters. The number of pyridine rings is 1. The Kier molecular flexibility index (Phi) is 4.49. The molecule has 3 aliphatic rings. The van der Waals surface area contributed by atoms with Crippen LogP contribution >= 0.6 is 11.6 Å². The highest BCUT2D eigenvalue weighted by molar-refractivity contribution is 6.30. The zero-order chi connectivity index (χ0) is 20.3. The van der Waals surface area contributed by atoms with Gasteiger partial charge in [-0.15, -0.1) is 6.42 Å². The number of halogens is 1. The molecule has 3 N–H and O–H groups in total. The Hall–Kier alpha value is -1.89. The molecule has 4 heterocycles. The molecule has 29 heavy (non-hydrogen) atoms. The third-order valence-electron chi connectivity index (χ3n) is 6.73. The van der Waals surface area contributed by atoms with Crippen LogP contribution < -0.4 is 4.90 Å². The second-order valence-corrected chi connectivity index (χ2v) is 8.64. The van der Waals surface area contributed by atoms with Crippen LogP contribution in [0.15, 0.2) is 12.4 Å². The number of imidazole rings is 1. The number of aromatic nitrogens is 3. The standard InChI is InChI=1S/C20H23ClN4O4/c1-2-20(28)14(9-26)29-19(17(20)27)25-10-22-16-13(6-15(21)23-18(16)25)24-7-11-4-3-5-12(11)8-24/h1,6,10-12,14,17,19,26-28H,3-5,7-9H2/t11-,12+,14-,17+,19-,20-/m1/s1. The molecule has 2 saturated heterocycles. The fourth-order valence-corrected chi connectivity index (χ4v) is 5.34. The van der Waals surface area contributed by atoms with Crippen molar-refractivity contribution in [2.45, 2.75) is 43.3 Å². The predicted octanol–water partition coefficient (Wildman–Crippen LogP) is 0.936. The van der Waals surface area contributed by atoms with Gasteiger partial charge in [0, 0.05) is 19.2 Å². The molecule has 3 fully saturated rings. The average Bonchev–Trinajstić information content (AvgIpc) is 3.45. The third-order valence-corrected chi connectivity index (χ3v) is 6.93. The van der Waals surface area contributed by atoms with Crippen molar-refractivity contribution in [1.82, 2.24) is 14.5 Å². The van der Waals surface area contributed by atoms with E-state index in [0.717, 1.165) is 18.8 Å². The Morgan fingerprint density at radius 3 is 2.69 bits per heavy atom. The van der Waals surface area contributed by atoms with Gasteiger partial charge in [-0.1, -0.05) is 23.9 Å². The highest BCUT2D eigenvalue weighted by Crippen LogP contribution is 2.43. The Morgan fingerprint density at radius 1 is 1.34 bits per heavy atom. The van der Waals surface area contributed by atoms with Gasteiger partial charge in [-0.05, 0) is 24.7 Å². The van der Waals surface area contributed by atoms with Gasteiger partial charge in [-0.3, -0.25) is 4.57 Å². The molecule has 154 valence electrons. The van der Waals surface area contributed by atoms with Crippen molar-refractivity contribution in [2.75, 3.05) is 24.6 Å². The average molecular weight is 419 g/mol. The number of aliphatic hydroxyl groups excluding tert-OH is 2. The number of anilines is 1. The van der Waals surface area contributed by atoms with E-state index in [1.807, 2.05) is 6.07 Å². The Labute approximate surface area is 173 Å². The first-order valence-electron chi connectivity index (χ1n) is 9.88. The van der Waals surface area contributed by atoms with Crippen LogP contribution in [0.2, 0.25) is 5.15 Å². The number of ether oxygens (including phenoxy) is 1. The predicted molar refractivity (Wildman–Crippen MR) is 106 cm³/mol. The smallest absolute Gasteiger partial charge is 0.183 e. The second-order valence-electron chi connectivity index (χ2n) is 8.26. The zero-order valence-electron chi connectivity index (χ0n) is 15.8. The maximum absolute atomic E-state index is 10.7. The van der Waals surface area contributed by atoms with Gasteiger partial charge in [0.05, 0.1) is 18.6 Å². The summed E-state index contributed by atoms with van der Waals surface area (Å²) in [6.45, 7) is 1.41. The number of aliphatic hydroxyl groups is 3. The summed E-state index contributed by atoms with van der Waals surface area (Å²) < 4.78 is 7.20. The van der Waals surface area contributed by atoms with Crippen molar-refractivity contribution in [3.05, 3.63) is 17.5 Å². The first-order valence-corrected chi connectivity index (χ1v) is 10.3. The van der Waals surface area contributed by atoms with Crippen LogP contribution in [-0.4, -0.2) is 67.4 Å². The number of hydrogen-bond acceptors (Lipinski definition) is 7. The quantitative estimate of drug-likeness (QED) is 0.503. The fourth-order valence-electron chi connectivity index (χ4n) is 5.15. The summed E-state index contributed by atoms with van der Waals surface area (Å²) in [6, 6.07) is 1.82. The second kappa shape index (κ2) is 6.83. The molecule has 1 saturated carbocycles. The lowest BCUT2D eigenvalue weighted by molar-refractivity contribution is -0.0605. The van der Waals surface area contributed by atoms with Crippen LogP contribution in [0.4, 0.5) is 5.69 Å². The molecule has 0 aromatic carbocycles. The largest absolute Gasteiger partial charge is 0.394 e. The van der Waals surface area contributed by atoms with Gasteiger partial charge in [-0.25, -0.2) is 9.97 Å². The van der Waals surface area contributed by atoms with Gasteiger partial charge >= 0.3 is 0 Å². The van der Waals surface area contributed by atoms with Gasteiger partial charge < -0.3 is 25.0 Å². The van der Waals surface area contributed by atoms with E-state index in [-0.39, 0.29) is 0 Å². The maximum atomic E-state index is 10.7. The van der Waals surface area contributed by atoms with Crippen LogP contribution in [0, 0.1) is 24.2 Å². The Bertz CT molecular complexity index is 979. The summed E-state index contributed by atoms with van der Waals surface area (Å²) >= 11 is 6.33. The third kappa shape index (κ3) is 2.76. The summed E-state index contributed by atoms with van der Waals surface area (Å²) in [6.07, 6.45) is 7.09. The SMILES string of the molecule is C#C[C@@]1(O)[C@@H](CO)O[C@@H](n2cnc3c(N4C[C@H]5CCC[C@H]5C4)cc(Cl)nc32)[C@@H]1O. The number of nitrogens with zero attached hydrogens (tertiary/aromatic N) is 4. The minimum absolute atomic E-state index is 0.310. The van der Waals surface area contributed by atoms with Gasteiger partial charge in [0.25, 0.3) is 0 Å². The number of fused-ring (bicyclic) bond motifs is 2. The molecule has 8 nitrogen and oxygen atoms in total. The summed E-state index contributed by atoms with van der Waals surface area (Å²) in [5.74, 6) is 3.56. The van der Waals surface area contributed by atoms with E-state index >= 15 is 0 Å². The zero-order valence-corrected chi connectivity index (χ0v) is 16.5. The molecule has 2 aromatic rings. The van der Waals surface area contributed by atoms with Crippen LogP contribution in [-0.2, 0) is 4.74 Å². The number of terminal acetylenes is 1. The van der Waals surface area contributed by atoms with Crippen molar-refractivity contribution in [3.8, 4) is 12.3 Å². The van der Waals surface area contributed by atoms with Crippen LogP contribution in [0.1, 0.15) is 25.5 Å².